The average molecular weight is 360 g/mol. The van der Waals surface area contributed by atoms with Crippen LogP contribution in [0.1, 0.15) is 23.7 Å². The monoisotopic (exact) mass is 360 g/mol. The molecule has 0 amide bonds. The molecule has 3 aromatic rings. The van der Waals surface area contributed by atoms with Crippen molar-refractivity contribution in [1.82, 2.24) is 4.98 Å². The zero-order valence-corrected chi connectivity index (χ0v) is 14.2. The Morgan fingerprint density at radius 3 is 2.84 bits per heavy atom. The quantitative estimate of drug-likeness (QED) is 0.728. The second kappa shape index (κ2) is 5.47. The molecule has 1 aliphatic rings. The molecule has 2 N–H and O–H groups in total. The van der Waals surface area contributed by atoms with Crippen molar-refractivity contribution in [3.8, 4) is 0 Å². The molecular weight excluding hydrogens is 344 g/mol. The molecule has 0 bridgehead atoms. The third-order valence-electron chi connectivity index (χ3n) is 4.40. The number of H-pyrrole nitrogens is 1. The Balaban J connectivity index is 1.85. The van der Waals surface area contributed by atoms with E-state index in [-0.39, 0.29) is 17.0 Å². The molecule has 1 unspecified atom stereocenters. The van der Waals surface area contributed by atoms with Gasteiger partial charge in [0.05, 0.1) is 22.2 Å². The van der Waals surface area contributed by atoms with Crippen molar-refractivity contribution in [2.45, 2.75) is 24.3 Å². The summed E-state index contributed by atoms with van der Waals surface area (Å²) < 4.78 is 32.5. The summed E-state index contributed by atoms with van der Waals surface area (Å²) in [6.45, 7) is 2.07. The summed E-state index contributed by atoms with van der Waals surface area (Å²) in [7, 11) is -3.85. The molecule has 4 rings (SSSR count). The van der Waals surface area contributed by atoms with Gasteiger partial charge >= 0.3 is 5.76 Å². The molecule has 2 heterocycles. The summed E-state index contributed by atoms with van der Waals surface area (Å²) in [5.74, 6) is -0.633. The van der Waals surface area contributed by atoms with Gasteiger partial charge in [0.1, 0.15) is 0 Å². The minimum Gasteiger partial charge on any atom is -0.408 e. The number of aliphatic hydroxyl groups excluding tert-OH is 1. The van der Waals surface area contributed by atoms with Crippen LogP contribution in [0.5, 0.6) is 0 Å². The van der Waals surface area contributed by atoms with Crippen LogP contribution in [0.15, 0.2) is 50.5 Å². The van der Waals surface area contributed by atoms with E-state index in [1.54, 1.807) is 12.1 Å². The molecule has 0 saturated heterocycles. The molecule has 8 heteroatoms. The number of hydrogen-bond donors (Lipinski definition) is 2. The molecule has 1 atom stereocenters. The maximum atomic E-state index is 13.1. The molecule has 1 aromatic heterocycles. The SMILES string of the molecule is Cc1ccc2c(c1)C(O)CCN2S(=O)(=O)c1ccc2[nH]c(=O)oc2c1. The fraction of sp³-hybridized carbons (Fsp3) is 0.235. The molecule has 0 radical (unpaired) electrons. The molecular formula is C17H16N2O5S. The number of aromatic amines is 1. The fourth-order valence-corrected chi connectivity index (χ4v) is 4.67. The lowest BCUT2D eigenvalue weighted by Crippen LogP contribution is -2.36. The highest BCUT2D eigenvalue weighted by Gasteiger charge is 2.32. The van der Waals surface area contributed by atoms with Crippen molar-refractivity contribution >= 4 is 26.8 Å². The number of anilines is 1. The first kappa shape index (κ1) is 15.9. The van der Waals surface area contributed by atoms with Gasteiger partial charge in [-0.3, -0.25) is 9.29 Å². The predicted octanol–water partition coefficient (Wildman–Crippen LogP) is 2.06. The summed E-state index contributed by atoms with van der Waals surface area (Å²) >= 11 is 0. The maximum absolute atomic E-state index is 13.1. The summed E-state index contributed by atoms with van der Waals surface area (Å²) in [6.07, 6.45) is -0.372. The van der Waals surface area contributed by atoms with Crippen LogP contribution in [-0.2, 0) is 10.0 Å². The van der Waals surface area contributed by atoms with E-state index in [0.29, 0.717) is 23.2 Å². The molecule has 0 aliphatic carbocycles. The van der Waals surface area contributed by atoms with Crippen molar-refractivity contribution in [2.75, 3.05) is 10.8 Å². The molecule has 0 spiro atoms. The lowest BCUT2D eigenvalue weighted by atomic mass is 9.99. The van der Waals surface area contributed by atoms with Gasteiger partial charge in [0.25, 0.3) is 10.0 Å². The molecule has 0 fully saturated rings. The standard InChI is InChI=1S/C17H16N2O5S/c1-10-2-5-14-12(8-10)15(20)6-7-19(14)25(22,23)11-3-4-13-16(9-11)24-17(21)18-13/h2-5,8-9,15,20H,6-7H2,1H3,(H,18,21). The van der Waals surface area contributed by atoms with Crippen molar-refractivity contribution in [1.29, 1.82) is 0 Å². The van der Waals surface area contributed by atoms with Gasteiger partial charge in [-0.2, -0.15) is 0 Å². The van der Waals surface area contributed by atoms with Crippen LogP contribution in [0, 0.1) is 6.92 Å². The number of rotatable bonds is 2. The zero-order valence-electron chi connectivity index (χ0n) is 13.4. The Bertz CT molecular complexity index is 1130. The molecule has 130 valence electrons. The second-order valence-corrected chi connectivity index (χ2v) is 7.98. The van der Waals surface area contributed by atoms with E-state index >= 15 is 0 Å². The van der Waals surface area contributed by atoms with Crippen molar-refractivity contribution in [2.24, 2.45) is 0 Å². The highest BCUT2D eigenvalue weighted by atomic mass is 32.2. The second-order valence-electron chi connectivity index (χ2n) is 6.12. The van der Waals surface area contributed by atoms with Gasteiger partial charge < -0.3 is 9.52 Å². The molecule has 0 saturated carbocycles. The Kier molecular flexibility index (Phi) is 3.48. The third-order valence-corrected chi connectivity index (χ3v) is 6.21. The summed E-state index contributed by atoms with van der Waals surface area (Å²) in [6, 6.07) is 9.59. The zero-order chi connectivity index (χ0) is 17.8. The van der Waals surface area contributed by atoms with Gasteiger partial charge in [0.15, 0.2) is 5.58 Å². The highest BCUT2D eigenvalue weighted by molar-refractivity contribution is 7.92. The Morgan fingerprint density at radius 2 is 2.04 bits per heavy atom. The number of fused-ring (bicyclic) bond motifs is 2. The van der Waals surface area contributed by atoms with Crippen LogP contribution >= 0.6 is 0 Å². The van der Waals surface area contributed by atoms with Crippen molar-refractivity contribution in [3.63, 3.8) is 0 Å². The number of nitrogens with one attached hydrogen (secondary N) is 1. The number of benzene rings is 2. The number of aryl methyl sites for hydroxylation is 1. The first-order valence-corrected chi connectivity index (χ1v) is 9.24. The summed E-state index contributed by atoms with van der Waals surface area (Å²) in [4.78, 5) is 13.8. The summed E-state index contributed by atoms with van der Waals surface area (Å²) in [5.41, 5.74) is 2.65. The lowest BCUT2D eigenvalue weighted by Gasteiger charge is -2.33. The van der Waals surface area contributed by atoms with Crippen LogP contribution in [-0.4, -0.2) is 25.1 Å². The van der Waals surface area contributed by atoms with Crippen LogP contribution in [0.25, 0.3) is 11.1 Å². The lowest BCUT2D eigenvalue weighted by molar-refractivity contribution is 0.166. The minimum atomic E-state index is -3.85. The third kappa shape index (κ3) is 2.54. The number of hydrogen-bond acceptors (Lipinski definition) is 5. The number of sulfonamides is 1. The highest BCUT2D eigenvalue weighted by Crippen LogP contribution is 2.37. The van der Waals surface area contributed by atoms with E-state index < -0.39 is 21.9 Å². The number of nitrogens with zero attached hydrogens (tertiary/aromatic N) is 1. The molecule has 25 heavy (non-hydrogen) atoms. The summed E-state index contributed by atoms with van der Waals surface area (Å²) in [5, 5.41) is 10.2. The molecule has 2 aromatic carbocycles. The first-order valence-electron chi connectivity index (χ1n) is 7.80. The van der Waals surface area contributed by atoms with E-state index in [0.717, 1.165) is 5.56 Å². The van der Waals surface area contributed by atoms with Gasteiger partial charge in [-0.1, -0.05) is 17.7 Å². The average Bonchev–Trinajstić information content (AvgIpc) is 2.94. The number of oxazole rings is 1. The largest absolute Gasteiger partial charge is 0.417 e. The van der Waals surface area contributed by atoms with Gasteiger partial charge in [0.2, 0.25) is 0 Å². The molecule has 1 aliphatic heterocycles. The minimum absolute atomic E-state index is 0.0330. The van der Waals surface area contributed by atoms with E-state index in [1.807, 2.05) is 13.0 Å². The maximum Gasteiger partial charge on any atom is 0.417 e. The van der Waals surface area contributed by atoms with E-state index in [2.05, 4.69) is 4.98 Å². The van der Waals surface area contributed by atoms with E-state index in [1.165, 1.54) is 22.5 Å². The number of aliphatic hydroxyl groups is 1. The van der Waals surface area contributed by atoms with Crippen LogP contribution in [0.3, 0.4) is 0 Å². The van der Waals surface area contributed by atoms with Crippen LogP contribution in [0.4, 0.5) is 5.69 Å². The number of aromatic nitrogens is 1. The van der Waals surface area contributed by atoms with Crippen molar-refractivity contribution < 1.29 is 17.9 Å². The Labute approximate surface area is 143 Å². The van der Waals surface area contributed by atoms with Gasteiger partial charge in [-0.25, -0.2) is 13.2 Å². The Morgan fingerprint density at radius 1 is 1.24 bits per heavy atom. The van der Waals surface area contributed by atoms with Gasteiger partial charge in [-0.15, -0.1) is 0 Å². The van der Waals surface area contributed by atoms with E-state index in [9.17, 15) is 18.3 Å². The first-order chi connectivity index (χ1) is 11.9. The van der Waals surface area contributed by atoms with Crippen molar-refractivity contribution in [3.05, 3.63) is 58.1 Å². The smallest absolute Gasteiger partial charge is 0.408 e. The topological polar surface area (TPSA) is 104 Å². The van der Waals surface area contributed by atoms with Crippen LogP contribution in [0.2, 0.25) is 0 Å². The Hall–Kier alpha value is -2.58. The van der Waals surface area contributed by atoms with Crippen LogP contribution < -0.4 is 10.1 Å². The van der Waals surface area contributed by atoms with E-state index in [4.69, 9.17) is 4.42 Å². The fourth-order valence-electron chi connectivity index (χ4n) is 3.15. The normalized spacial score (nSPS) is 17.7. The van der Waals surface area contributed by atoms with Gasteiger partial charge in [-0.05, 0) is 31.5 Å². The molecule has 7 nitrogen and oxygen atoms in total. The van der Waals surface area contributed by atoms with Gasteiger partial charge in [0, 0.05) is 18.2 Å². The predicted molar refractivity (Wildman–Crippen MR) is 92.1 cm³/mol.